The molecule has 0 aliphatic carbocycles. The van der Waals surface area contributed by atoms with Gasteiger partial charge in [0.1, 0.15) is 5.02 Å². The average molecular weight is 274 g/mol. The standard InChI is InChI=1S/C11H16ClN3O3/c1-3-4-7(5-9(16)17)14-10-8(12)6-13-11(15-10)18-2/h6-7H,3-5H2,1-2H3,(H,16,17)(H,13,14,15). The third-order valence-electron chi connectivity index (χ3n) is 2.30. The van der Waals surface area contributed by atoms with E-state index in [2.05, 4.69) is 15.3 Å². The van der Waals surface area contributed by atoms with Gasteiger partial charge in [-0.3, -0.25) is 4.79 Å². The zero-order chi connectivity index (χ0) is 13.5. The van der Waals surface area contributed by atoms with Crippen molar-refractivity contribution in [2.24, 2.45) is 0 Å². The number of carbonyl (C=O) groups is 1. The van der Waals surface area contributed by atoms with Gasteiger partial charge in [0, 0.05) is 6.04 Å². The number of methoxy groups -OCH3 is 1. The lowest BCUT2D eigenvalue weighted by Crippen LogP contribution is -2.23. The van der Waals surface area contributed by atoms with Gasteiger partial charge in [-0.05, 0) is 6.42 Å². The Bertz CT molecular complexity index is 415. The van der Waals surface area contributed by atoms with E-state index in [0.717, 1.165) is 12.8 Å². The predicted molar refractivity (Wildman–Crippen MR) is 68.2 cm³/mol. The number of nitrogens with one attached hydrogen (secondary N) is 1. The second-order valence-electron chi connectivity index (χ2n) is 3.78. The molecule has 1 rings (SSSR count). The van der Waals surface area contributed by atoms with Crippen LogP contribution < -0.4 is 10.1 Å². The number of anilines is 1. The molecule has 100 valence electrons. The van der Waals surface area contributed by atoms with Gasteiger partial charge in [0.05, 0.1) is 19.7 Å². The molecule has 0 radical (unpaired) electrons. The van der Waals surface area contributed by atoms with Gasteiger partial charge < -0.3 is 15.2 Å². The molecule has 1 aromatic rings. The highest BCUT2D eigenvalue weighted by Crippen LogP contribution is 2.22. The number of carboxylic acids is 1. The fourth-order valence-electron chi connectivity index (χ4n) is 1.53. The molecule has 1 atom stereocenters. The number of nitrogens with zero attached hydrogens (tertiary/aromatic N) is 2. The van der Waals surface area contributed by atoms with E-state index in [-0.39, 0.29) is 18.5 Å². The molecular weight excluding hydrogens is 258 g/mol. The van der Waals surface area contributed by atoms with Crippen molar-refractivity contribution in [3.05, 3.63) is 11.2 Å². The van der Waals surface area contributed by atoms with Crippen LogP contribution in [-0.2, 0) is 4.79 Å². The van der Waals surface area contributed by atoms with Gasteiger partial charge in [0.2, 0.25) is 0 Å². The Morgan fingerprint density at radius 1 is 1.67 bits per heavy atom. The van der Waals surface area contributed by atoms with Crippen LogP contribution in [-0.4, -0.2) is 34.2 Å². The molecule has 0 aliphatic heterocycles. The largest absolute Gasteiger partial charge is 0.481 e. The lowest BCUT2D eigenvalue weighted by molar-refractivity contribution is -0.137. The van der Waals surface area contributed by atoms with Crippen molar-refractivity contribution in [2.75, 3.05) is 12.4 Å². The van der Waals surface area contributed by atoms with Crippen LogP contribution in [0.1, 0.15) is 26.2 Å². The minimum atomic E-state index is -0.863. The lowest BCUT2D eigenvalue weighted by atomic mass is 10.1. The molecule has 0 spiro atoms. The lowest BCUT2D eigenvalue weighted by Gasteiger charge is -2.17. The molecule has 0 aromatic carbocycles. The number of aromatic nitrogens is 2. The minimum absolute atomic E-state index is 0.0104. The molecule has 0 amide bonds. The van der Waals surface area contributed by atoms with Crippen LogP contribution in [0.3, 0.4) is 0 Å². The van der Waals surface area contributed by atoms with Crippen LogP contribution in [0, 0.1) is 0 Å². The third kappa shape index (κ3) is 4.37. The van der Waals surface area contributed by atoms with Gasteiger partial charge in [0.15, 0.2) is 5.82 Å². The van der Waals surface area contributed by atoms with Crippen LogP contribution >= 0.6 is 11.6 Å². The van der Waals surface area contributed by atoms with Gasteiger partial charge in [0.25, 0.3) is 0 Å². The summed E-state index contributed by atoms with van der Waals surface area (Å²) in [6.45, 7) is 1.98. The monoisotopic (exact) mass is 273 g/mol. The zero-order valence-corrected chi connectivity index (χ0v) is 11.1. The maximum Gasteiger partial charge on any atom is 0.318 e. The number of ether oxygens (including phenoxy) is 1. The second-order valence-corrected chi connectivity index (χ2v) is 4.19. The van der Waals surface area contributed by atoms with E-state index in [9.17, 15) is 4.79 Å². The Balaban J connectivity index is 2.81. The zero-order valence-electron chi connectivity index (χ0n) is 10.3. The van der Waals surface area contributed by atoms with E-state index in [1.807, 2.05) is 6.92 Å². The summed E-state index contributed by atoms with van der Waals surface area (Å²) in [7, 11) is 1.45. The molecule has 0 bridgehead atoms. The third-order valence-corrected chi connectivity index (χ3v) is 2.58. The summed E-state index contributed by atoms with van der Waals surface area (Å²) in [5.41, 5.74) is 0. The number of rotatable bonds is 7. The molecule has 1 heterocycles. The Labute approximate surface area is 110 Å². The summed E-state index contributed by atoms with van der Waals surface area (Å²) in [4.78, 5) is 18.7. The molecule has 0 saturated heterocycles. The highest BCUT2D eigenvalue weighted by atomic mass is 35.5. The maximum atomic E-state index is 10.8. The van der Waals surface area contributed by atoms with E-state index in [1.165, 1.54) is 13.3 Å². The Morgan fingerprint density at radius 3 is 2.94 bits per heavy atom. The molecular formula is C11H16ClN3O3. The SMILES string of the molecule is CCCC(CC(=O)O)Nc1nc(OC)ncc1Cl. The molecule has 6 nitrogen and oxygen atoms in total. The molecule has 0 aliphatic rings. The molecule has 1 aromatic heterocycles. The van der Waals surface area contributed by atoms with Crippen molar-refractivity contribution in [3.8, 4) is 6.01 Å². The molecule has 1 unspecified atom stereocenters. The van der Waals surface area contributed by atoms with Crippen molar-refractivity contribution >= 4 is 23.4 Å². The number of aliphatic carboxylic acids is 1. The molecule has 0 saturated carbocycles. The van der Waals surface area contributed by atoms with Crippen LogP contribution in [0.4, 0.5) is 5.82 Å². The summed E-state index contributed by atoms with van der Waals surface area (Å²) in [6.07, 6.45) is 3.01. The molecule has 7 heteroatoms. The second kappa shape index (κ2) is 7.00. The van der Waals surface area contributed by atoms with Crippen LogP contribution in [0.2, 0.25) is 5.02 Å². The van der Waals surface area contributed by atoms with E-state index in [4.69, 9.17) is 21.4 Å². The van der Waals surface area contributed by atoms with Crippen molar-refractivity contribution < 1.29 is 14.6 Å². The van der Waals surface area contributed by atoms with Gasteiger partial charge >= 0.3 is 12.0 Å². The number of halogens is 1. The van der Waals surface area contributed by atoms with E-state index < -0.39 is 5.97 Å². The van der Waals surface area contributed by atoms with Crippen LogP contribution in [0.15, 0.2) is 6.20 Å². The van der Waals surface area contributed by atoms with Crippen molar-refractivity contribution in [3.63, 3.8) is 0 Å². The van der Waals surface area contributed by atoms with E-state index in [1.54, 1.807) is 0 Å². The summed E-state index contributed by atoms with van der Waals surface area (Å²) in [5.74, 6) is -0.471. The van der Waals surface area contributed by atoms with E-state index >= 15 is 0 Å². The first-order valence-corrected chi connectivity index (χ1v) is 5.99. The normalized spacial score (nSPS) is 11.9. The van der Waals surface area contributed by atoms with Crippen molar-refractivity contribution in [2.45, 2.75) is 32.2 Å². The molecule has 0 fully saturated rings. The fourth-order valence-corrected chi connectivity index (χ4v) is 1.67. The summed E-state index contributed by atoms with van der Waals surface area (Å²) in [6, 6.07) is -0.0305. The maximum absolute atomic E-state index is 10.8. The summed E-state index contributed by atoms with van der Waals surface area (Å²) < 4.78 is 4.90. The Hall–Kier alpha value is -1.56. The fraction of sp³-hybridized carbons (Fsp3) is 0.545. The summed E-state index contributed by atoms with van der Waals surface area (Å²) in [5, 5.41) is 12.2. The first kappa shape index (κ1) is 14.5. The number of carboxylic acid groups (broad SMARTS) is 1. The highest BCUT2D eigenvalue weighted by molar-refractivity contribution is 6.32. The van der Waals surface area contributed by atoms with Gasteiger partial charge in [-0.2, -0.15) is 4.98 Å². The highest BCUT2D eigenvalue weighted by Gasteiger charge is 2.15. The van der Waals surface area contributed by atoms with Gasteiger partial charge in [-0.15, -0.1) is 0 Å². The smallest absolute Gasteiger partial charge is 0.318 e. The first-order chi connectivity index (χ1) is 8.56. The summed E-state index contributed by atoms with van der Waals surface area (Å²) >= 11 is 5.94. The predicted octanol–water partition coefficient (Wildman–Crippen LogP) is 2.19. The Morgan fingerprint density at radius 2 is 2.39 bits per heavy atom. The van der Waals surface area contributed by atoms with Crippen molar-refractivity contribution in [1.82, 2.24) is 9.97 Å². The van der Waals surface area contributed by atoms with Crippen LogP contribution in [0.5, 0.6) is 6.01 Å². The quantitative estimate of drug-likeness (QED) is 0.792. The molecule has 18 heavy (non-hydrogen) atoms. The Kier molecular flexibility index (Phi) is 5.64. The van der Waals surface area contributed by atoms with Gasteiger partial charge in [-0.25, -0.2) is 4.98 Å². The average Bonchev–Trinajstić information content (AvgIpc) is 2.31. The van der Waals surface area contributed by atoms with E-state index in [0.29, 0.717) is 10.8 Å². The topological polar surface area (TPSA) is 84.3 Å². The van der Waals surface area contributed by atoms with Gasteiger partial charge in [-0.1, -0.05) is 24.9 Å². The molecule has 2 N–H and O–H groups in total. The number of hydrogen-bond acceptors (Lipinski definition) is 5. The minimum Gasteiger partial charge on any atom is -0.481 e. The first-order valence-electron chi connectivity index (χ1n) is 5.61. The van der Waals surface area contributed by atoms with Crippen LogP contribution in [0.25, 0.3) is 0 Å². The number of hydrogen-bond donors (Lipinski definition) is 2. The van der Waals surface area contributed by atoms with Crippen molar-refractivity contribution in [1.29, 1.82) is 0 Å².